The van der Waals surface area contributed by atoms with Gasteiger partial charge < -0.3 is 9.47 Å². The van der Waals surface area contributed by atoms with E-state index >= 15 is 0 Å². The topological polar surface area (TPSA) is 18.5 Å². The minimum absolute atomic E-state index is 0.0326. The first-order chi connectivity index (χ1) is 9.70. The average molecular weight is 312 g/mol. The molecule has 3 unspecified atom stereocenters. The summed E-state index contributed by atoms with van der Waals surface area (Å²) in [5, 5.41) is -0.122. The molecule has 0 aliphatic heterocycles. The standard InChI is InChI=1S/C18H28ClO2/c1-13(15(3)19)11-20-14(2)12-21-17-9-7-16(8-10-17)18(4,5)6/h7-10,13-15H,3,11-12H2,1-2,4-6H3. The summed E-state index contributed by atoms with van der Waals surface area (Å²) in [6.45, 7) is 15.6. The maximum atomic E-state index is 5.91. The number of alkyl halides is 1. The highest BCUT2D eigenvalue weighted by molar-refractivity contribution is 6.21. The molecule has 3 heteroatoms. The van der Waals surface area contributed by atoms with E-state index in [1.54, 1.807) is 0 Å². The molecular weight excluding hydrogens is 284 g/mol. The van der Waals surface area contributed by atoms with Crippen molar-refractivity contribution in [2.75, 3.05) is 13.2 Å². The second-order valence-corrected chi connectivity index (χ2v) is 7.28. The highest BCUT2D eigenvalue weighted by Crippen LogP contribution is 2.24. The van der Waals surface area contributed by atoms with Crippen LogP contribution in [-0.4, -0.2) is 24.7 Å². The molecule has 2 nitrogen and oxygen atoms in total. The van der Waals surface area contributed by atoms with Crippen molar-refractivity contribution in [1.29, 1.82) is 0 Å². The van der Waals surface area contributed by atoms with E-state index in [0.29, 0.717) is 13.2 Å². The molecule has 1 aromatic rings. The normalized spacial score (nSPS) is 16.3. The second-order valence-electron chi connectivity index (χ2n) is 6.72. The van der Waals surface area contributed by atoms with Crippen molar-refractivity contribution in [2.24, 2.45) is 5.92 Å². The van der Waals surface area contributed by atoms with Gasteiger partial charge in [0.2, 0.25) is 0 Å². The lowest BCUT2D eigenvalue weighted by molar-refractivity contribution is 0.0163. The van der Waals surface area contributed by atoms with Gasteiger partial charge in [0.05, 0.1) is 12.7 Å². The van der Waals surface area contributed by atoms with E-state index in [2.05, 4.69) is 39.8 Å². The Bertz CT molecular complexity index is 406. The zero-order valence-corrected chi connectivity index (χ0v) is 14.6. The summed E-state index contributed by atoms with van der Waals surface area (Å²) in [7, 11) is 0. The van der Waals surface area contributed by atoms with E-state index in [1.807, 2.05) is 26.0 Å². The predicted octanol–water partition coefficient (Wildman–Crippen LogP) is 4.85. The third-order valence-corrected chi connectivity index (χ3v) is 3.90. The van der Waals surface area contributed by atoms with Crippen LogP contribution in [0.4, 0.5) is 0 Å². The van der Waals surface area contributed by atoms with Crippen LogP contribution < -0.4 is 4.74 Å². The molecule has 0 N–H and O–H groups in total. The predicted molar refractivity (Wildman–Crippen MR) is 90.2 cm³/mol. The lowest BCUT2D eigenvalue weighted by atomic mass is 9.87. The van der Waals surface area contributed by atoms with Gasteiger partial charge in [-0.15, -0.1) is 11.6 Å². The summed E-state index contributed by atoms with van der Waals surface area (Å²) in [6, 6.07) is 8.26. The van der Waals surface area contributed by atoms with Crippen LogP contribution in [0.2, 0.25) is 0 Å². The van der Waals surface area contributed by atoms with Crippen LogP contribution in [-0.2, 0) is 10.2 Å². The number of halogens is 1. The SMILES string of the molecule is [CH2]C(Cl)C(C)COC(C)COc1ccc(C(C)(C)C)cc1. The summed E-state index contributed by atoms with van der Waals surface area (Å²) in [4.78, 5) is 0. The molecule has 0 aromatic heterocycles. The summed E-state index contributed by atoms with van der Waals surface area (Å²) >= 11 is 5.91. The maximum absolute atomic E-state index is 5.91. The molecule has 0 aliphatic rings. The molecule has 1 rings (SSSR count). The van der Waals surface area contributed by atoms with Gasteiger partial charge >= 0.3 is 0 Å². The van der Waals surface area contributed by atoms with Crippen molar-refractivity contribution in [2.45, 2.75) is 51.5 Å². The van der Waals surface area contributed by atoms with Gasteiger partial charge in [0, 0.05) is 5.38 Å². The highest BCUT2D eigenvalue weighted by Gasteiger charge is 2.14. The minimum Gasteiger partial charge on any atom is -0.491 e. The molecule has 0 aliphatic carbocycles. The molecule has 1 radical (unpaired) electrons. The number of hydrogen-bond donors (Lipinski definition) is 0. The van der Waals surface area contributed by atoms with Crippen LogP contribution in [0.5, 0.6) is 5.75 Å². The van der Waals surface area contributed by atoms with Crippen molar-refractivity contribution in [3.63, 3.8) is 0 Å². The quantitative estimate of drug-likeness (QED) is 0.670. The first-order valence-corrected chi connectivity index (χ1v) is 7.96. The lowest BCUT2D eigenvalue weighted by Crippen LogP contribution is -2.23. The summed E-state index contributed by atoms with van der Waals surface area (Å²) < 4.78 is 11.5. The third-order valence-electron chi connectivity index (χ3n) is 3.47. The van der Waals surface area contributed by atoms with Gasteiger partial charge in [-0.2, -0.15) is 0 Å². The Balaban J connectivity index is 2.38. The molecule has 0 amide bonds. The van der Waals surface area contributed by atoms with E-state index in [0.717, 1.165) is 5.75 Å². The Labute approximate surface area is 134 Å². The highest BCUT2D eigenvalue weighted by atomic mass is 35.5. The van der Waals surface area contributed by atoms with E-state index in [9.17, 15) is 0 Å². The minimum atomic E-state index is -0.122. The molecule has 0 saturated carbocycles. The molecule has 0 bridgehead atoms. The summed E-state index contributed by atoms with van der Waals surface area (Å²) in [5.41, 5.74) is 1.47. The zero-order valence-electron chi connectivity index (χ0n) is 13.9. The fourth-order valence-electron chi connectivity index (χ4n) is 1.73. The molecule has 0 fully saturated rings. The Kier molecular flexibility index (Phi) is 7.02. The van der Waals surface area contributed by atoms with E-state index in [-0.39, 0.29) is 22.8 Å². The molecule has 1 aromatic carbocycles. The van der Waals surface area contributed by atoms with Crippen molar-refractivity contribution in [3.8, 4) is 5.75 Å². The maximum Gasteiger partial charge on any atom is 0.119 e. The number of rotatable bonds is 7. The van der Waals surface area contributed by atoms with Crippen LogP contribution in [0.3, 0.4) is 0 Å². The van der Waals surface area contributed by atoms with Crippen molar-refractivity contribution in [3.05, 3.63) is 36.8 Å². The first-order valence-electron chi connectivity index (χ1n) is 7.52. The molecular formula is C18H28ClO2. The van der Waals surface area contributed by atoms with Gasteiger partial charge in [0.15, 0.2) is 0 Å². The fraction of sp³-hybridized carbons (Fsp3) is 0.611. The van der Waals surface area contributed by atoms with Gasteiger partial charge in [0.25, 0.3) is 0 Å². The van der Waals surface area contributed by atoms with Crippen LogP contribution >= 0.6 is 11.6 Å². The van der Waals surface area contributed by atoms with E-state index in [1.165, 1.54) is 5.56 Å². The van der Waals surface area contributed by atoms with Crippen LogP contribution in [0.1, 0.15) is 40.2 Å². The molecule has 0 saturated heterocycles. The van der Waals surface area contributed by atoms with Crippen molar-refractivity contribution >= 4 is 11.6 Å². The largest absolute Gasteiger partial charge is 0.491 e. The van der Waals surface area contributed by atoms with Crippen LogP contribution in [0.25, 0.3) is 0 Å². The fourth-order valence-corrected chi connectivity index (χ4v) is 1.81. The number of ether oxygens (including phenoxy) is 2. The van der Waals surface area contributed by atoms with E-state index < -0.39 is 0 Å². The van der Waals surface area contributed by atoms with Crippen LogP contribution in [0.15, 0.2) is 24.3 Å². The van der Waals surface area contributed by atoms with Gasteiger partial charge in [-0.1, -0.05) is 39.8 Å². The van der Waals surface area contributed by atoms with Gasteiger partial charge in [-0.05, 0) is 42.9 Å². The van der Waals surface area contributed by atoms with Gasteiger partial charge in [-0.25, -0.2) is 0 Å². The molecule has 21 heavy (non-hydrogen) atoms. The molecule has 119 valence electrons. The van der Waals surface area contributed by atoms with Crippen LogP contribution in [0, 0.1) is 12.8 Å². The molecule has 0 spiro atoms. The Morgan fingerprint density at radius 2 is 1.67 bits per heavy atom. The van der Waals surface area contributed by atoms with E-state index in [4.69, 9.17) is 21.1 Å². The smallest absolute Gasteiger partial charge is 0.119 e. The van der Waals surface area contributed by atoms with Gasteiger partial charge in [0.1, 0.15) is 12.4 Å². The van der Waals surface area contributed by atoms with Gasteiger partial charge in [-0.3, -0.25) is 0 Å². The Morgan fingerprint density at radius 3 is 2.14 bits per heavy atom. The summed E-state index contributed by atoms with van der Waals surface area (Å²) in [5.74, 6) is 1.11. The first kappa shape index (κ1) is 18.3. The number of benzene rings is 1. The molecule has 0 heterocycles. The Hall–Kier alpha value is -0.730. The summed E-state index contributed by atoms with van der Waals surface area (Å²) in [6.07, 6.45) is 0.0326. The van der Waals surface area contributed by atoms with Crippen molar-refractivity contribution in [1.82, 2.24) is 0 Å². The second kappa shape index (κ2) is 8.05. The zero-order chi connectivity index (χ0) is 16.0. The lowest BCUT2D eigenvalue weighted by Gasteiger charge is -2.20. The molecule has 3 atom stereocenters. The van der Waals surface area contributed by atoms with Crippen molar-refractivity contribution < 1.29 is 9.47 Å². The number of hydrogen-bond acceptors (Lipinski definition) is 2. The Morgan fingerprint density at radius 1 is 1.10 bits per heavy atom. The average Bonchev–Trinajstić information content (AvgIpc) is 2.41. The third kappa shape index (κ3) is 6.71. The monoisotopic (exact) mass is 311 g/mol.